The van der Waals surface area contributed by atoms with Gasteiger partial charge in [0.15, 0.2) is 0 Å². The molecule has 0 atom stereocenters. The second-order valence-corrected chi connectivity index (χ2v) is 4.69. The molecule has 8 heteroatoms. The Kier molecular flexibility index (Phi) is 3.79. The van der Waals surface area contributed by atoms with Gasteiger partial charge in [0.1, 0.15) is 11.5 Å². The van der Waals surface area contributed by atoms with Gasteiger partial charge < -0.3 is 5.32 Å². The highest BCUT2D eigenvalue weighted by atomic mass is 79.9. The molecule has 1 aromatic heterocycles. The summed E-state index contributed by atoms with van der Waals surface area (Å²) in [6, 6.07) is 4.01. The average molecular weight is 329 g/mol. The number of hydrogen-bond donors (Lipinski definition) is 1. The van der Waals surface area contributed by atoms with Gasteiger partial charge in [0, 0.05) is 25.4 Å². The van der Waals surface area contributed by atoms with Gasteiger partial charge in [-0.25, -0.2) is 4.39 Å². The van der Waals surface area contributed by atoms with E-state index in [1.807, 2.05) is 0 Å². The van der Waals surface area contributed by atoms with Gasteiger partial charge in [0.05, 0.1) is 21.6 Å². The van der Waals surface area contributed by atoms with Crippen molar-refractivity contribution in [3.8, 4) is 0 Å². The summed E-state index contributed by atoms with van der Waals surface area (Å²) >= 11 is 2.93. The van der Waals surface area contributed by atoms with Crippen LogP contribution in [0.1, 0.15) is 5.69 Å². The first-order chi connectivity index (χ1) is 8.99. The summed E-state index contributed by atoms with van der Waals surface area (Å²) < 4.78 is 15.1. The first-order valence-corrected chi connectivity index (χ1v) is 6.12. The van der Waals surface area contributed by atoms with Crippen molar-refractivity contribution >= 4 is 27.3 Å². The third-order valence-corrected chi connectivity index (χ3v) is 3.23. The van der Waals surface area contributed by atoms with Gasteiger partial charge in [-0.05, 0) is 22.0 Å². The van der Waals surface area contributed by atoms with E-state index in [4.69, 9.17) is 0 Å². The number of anilines is 1. The fourth-order valence-corrected chi connectivity index (χ4v) is 1.92. The van der Waals surface area contributed by atoms with Crippen LogP contribution in [0.25, 0.3) is 0 Å². The van der Waals surface area contributed by atoms with E-state index in [2.05, 4.69) is 26.3 Å². The lowest BCUT2D eigenvalue weighted by Gasteiger charge is -2.08. The Morgan fingerprint density at radius 2 is 2.32 bits per heavy atom. The second-order valence-electron chi connectivity index (χ2n) is 3.84. The van der Waals surface area contributed by atoms with Crippen LogP contribution in [0.2, 0.25) is 0 Å². The Hall–Kier alpha value is -1.96. The van der Waals surface area contributed by atoms with Crippen molar-refractivity contribution in [2.75, 3.05) is 5.32 Å². The predicted molar refractivity (Wildman–Crippen MR) is 71.3 cm³/mol. The Balaban J connectivity index is 2.26. The molecule has 2 rings (SSSR count). The number of benzene rings is 1. The lowest BCUT2D eigenvalue weighted by molar-refractivity contribution is -0.384. The molecule has 0 amide bonds. The molecule has 0 aliphatic heterocycles. The molecular weight excluding hydrogens is 319 g/mol. The molecule has 1 heterocycles. The minimum Gasteiger partial charge on any atom is -0.374 e. The quantitative estimate of drug-likeness (QED) is 0.691. The molecule has 19 heavy (non-hydrogen) atoms. The minimum atomic E-state index is -0.560. The van der Waals surface area contributed by atoms with E-state index in [-0.39, 0.29) is 15.8 Å². The van der Waals surface area contributed by atoms with Gasteiger partial charge in [-0.1, -0.05) is 0 Å². The van der Waals surface area contributed by atoms with Crippen molar-refractivity contribution in [1.29, 1.82) is 0 Å². The standard InChI is InChI=1S/C11H10BrFN4O2/c1-16-7(2-3-15-16)6-14-10-5-9(13)8(12)4-11(10)17(18)19/h2-5,14H,6H2,1H3. The molecule has 0 spiro atoms. The first kappa shape index (κ1) is 13.5. The summed E-state index contributed by atoms with van der Waals surface area (Å²) in [6.07, 6.45) is 1.62. The zero-order chi connectivity index (χ0) is 14.0. The molecule has 0 fully saturated rings. The lowest BCUT2D eigenvalue weighted by Crippen LogP contribution is -2.07. The summed E-state index contributed by atoms with van der Waals surface area (Å²) in [7, 11) is 1.76. The van der Waals surface area contributed by atoms with Crippen LogP contribution in [0, 0.1) is 15.9 Å². The average Bonchev–Trinajstić information content (AvgIpc) is 2.75. The van der Waals surface area contributed by atoms with Crippen LogP contribution in [0.3, 0.4) is 0 Å². The van der Waals surface area contributed by atoms with Gasteiger partial charge >= 0.3 is 0 Å². The second kappa shape index (κ2) is 5.35. The van der Waals surface area contributed by atoms with E-state index in [0.717, 1.165) is 17.8 Å². The Bertz CT molecular complexity index is 629. The normalized spacial score (nSPS) is 10.5. The maximum atomic E-state index is 13.4. The van der Waals surface area contributed by atoms with Crippen LogP contribution in [-0.2, 0) is 13.6 Å². The van der Waals surface area contributed by atoms with E-state index in [1.165, 1.54) is 0 Å². The van der Waals surface area contributed by atoms with Crippen LogP contribution in [0.5, 0.6) is 0 Å². The summed E-state index contributed by atoms with van der Waals surface area (Å²) in [6.45, 7) is 0.318. The van der Waals surface area contributed by atoms with Gasteiger partial charge in [-0.2, -0.15) is 5.10 Å². The zero-order valence-electron chi connectivity index (χ0n) is 9.93. The molecule has 100 valence electrons. The fourth-order valence-electron chi connectivity index (χ4n) is 1.59. The number of rotatable bonds is 4. The van der Waals surface area contributed by atoms with E-state index in [0.29, 0.717) is 6.54 Å². The number of hydrogen-bond acceptors (Lipinski definition) is 4. The number of halogens is 2. The molecule has 6 nitrogen and oxygen atoms in total. The molecule has 1 N–H and O–H groups in total. The minimum absolute atomic E-state index is 0.0604. The van der Waals surface area contributed by atoms with Crippen LogP contribution < -0.4 is 5.32 Å². The molecule has 0 bridgehead atoms. The van der Waals surface area contributed by atoms with Crippen molar-refractivity contribution in [3.05, 3.63) is 50.5 Å². The van der Waals surface area contributed by atoms with Crippen molar-refractivity contribution in [3.63, 3.8) is 0 Å². The largest absolute Gasteiger partial charge is 0.374 e. The highest BCUT2D eigenvalue weighted by Crippen LogP contribution is 2.30. The maximum Gasteiger partial charge on any atom is 0.293 e. The summed E-state index contributed by atoms with van der Waals surface area (Å²) in [5, 5.41) is 17.7. The van der Waals surface area contributed by atoms with Gasteiger partial charge in [-0.3, -0.25) is 14.8 Å². The summed E-state index contributed by atoms with van der Waals surface area (Å²) in [5.74, 6) is -0.557. The number of aryl methyl sites for hydroxylation is 1. The van der Waals surface area contributed by atoms with Crippen LogP contribution in [0.4, 0.5) is 15.8 Å². The molecule has 0 unspecified atom stereocenters. The summed E-state index contributed by atoms with van der Waals surface area (Å²) in [4.78, 5) is 10.4. The molecule has 0 aliphatic carbocycles. The molecule has 0 saturated heterocycles. The Labute approximate surface area is 116 Å². The highest BCUT2D eigenvalue weighted by molar-refractivity contribution is 9.10. The van der Waals surface area contributed by atoms with Gasteiger partial charge in [0.25, 0.3) is 5.69 Å². The first-order valence-electron chi connectivity index (χ1n) is 5.33. The van der Waals surface area contributed by atoms with Crippen molar-refractivity contribution in [2.24, 2.45) is 7.05 Å². The number of nitro benzene ring substituents is 1. The monoisotopic (exact) mass is 328 g/mol. The van der Waals surface area contributed by atoms with E-state index in [9.17, 15) is 14.5 Å². The van der Waals surface area contributed by atoms with Crippen molar-refractivity contribution in [2.45, 2.75) is 6.54 Å². The molecular formula is C11H10BrFN4O2. The maximum absolute atomic E-state index is 13.4. The van der Waals surface area contributed by atoms with E-state index < -0.39 is 10.7 Å². The topological polar surface area (TPSA) is 73.0 Å². The fraction of sp³-hybridized carbons (Fsp3) is 0.182. The van der Waals surface area contributed by atoms with Gasteiger partial charge in [-0.15, -0.1) is 0 Å². The third-order valence-electron chi connectivity index (χ3n) is 2.62. The molecule has 2 aromatic rings. The van der Waals surface area contributed by atoms with Crippen molar-refractivity contribution < 1.29 is 9.31 Å². The van der Waals surface area contributed by atoms with E-state index >= 15 is 0 Å². The Morgan fingerprint density at radius 3 is 2.89 bits per heavy atom. The lowest BCUT2D eigenvalue weighted by atomic mass is 10.2. The SMILES string of the molecule is Cn1nccc1CNc1cc(F)c(Br)cc1[N+](=O)[O-]. The number of nitrogens with one attached hydrogen (secondary N) is 1. The predicted octanol–water partition coefficient (Wildman–Crippen LogP) is 2.84. The number of nitrogens with zero attached hydrogens (tertiary/aromatic N) is 3. The Morgan fingerprint density at radius 1 is 1.58 bits per heavy atom. The zero-order valence-corrected chi connectivity index (χ0v) is 11.5. The molecule has 1 aromatic carbocycles. The highest BCUT2D eigenvalue weighted by Gasteiger charge is 2.17. The number of aromatic nitrogens is 2. The van der Waals surface area contributed by atoms with Crippen LogP contribution >= 0.6 is 15.9 Å². The van der Waals surface area contributed by atoms with E-state index in [1.54, 1.807) is 24.0 Å². The van der Waals surface area contributed by atoms with Crippen molar-refractivity contribution in [1.82, 2.24) is 9.78 Å². The van der Waals surface area contributed by atoms with Crippen LogP contribution in [0.15, 0.2) is 28.9 Å². The molecule has 0 saturated carbocycles. The molecule has 0 aliphatic rings. The third kappa shape index (κ3) is 2.90. The molecule has 0 radical (unpaired) electrons. The smallest absolute Gasteiger partial charge is 0.293 e. The summed E-state index contributed by atoms with van der Waals surface area (Å²) in [5.41, 5.74) is 0.778. The van der Waals surface area contributed by atoms with Gasteiger partial charge in [0.2, 0.25) is 0 Å². The van der Waals surface area contributed by atoms with Crippen LogP contribution in [-0.4, -0.2) is 14.7 Å². The number of nitro groups is 1.